The van der Waals surface area contributed by atoms with Gasteiger partial charge in [0.05, 0.1) is 32.9 Å². The predicted octanol–water partition coefficient (Wildman–Crippen LogP) is 8.68. The first kappa shape index (κ1) is 47.5. The van der Waals surface area contributed by atoms with Gasteiger partial charge < -0.3 is 20.4 Å². The minimum Gasteiger partial charge on any atom is -0.510 e. The van der Waals surface area contributed by atoms with E-state index in [1.807, 2.05) is 67.5 Å². The molecule has 10 heteroatoms. The molecule has 0 amide bonds. The lowest BCUT2D eigenvalue weighted by molar-refractivity contribution is -0.147. The van der Waals surface area contributed by atoms with Gasteiger partial charge in [-0.3, -0.25) is 28.8 Å². The zero-order valence-corrected chi connectivity index (χ0v) is 39.1. The average molecular weight is 833 g/mol. The second kappa shape index (κ2) is 14.5. The van der Waals surface area contributed by atoms with Crippen LogP contribution in [0.4, 0.5) is 0 Å². The van der Waals surface area contributed by atoms with Crippen LogP contribution in [0.3, 0.4) is 0 Å². The van der Waals surface area contributed by atoms with Gasteiger partial charge in [-0.25, -0.2) is 0 Å². The smallest absolute Gasteiger partial charge is 0.183 e. The molecule has 0 heterocycles. The number of allylic oxidation sites excluding steroid dienone is 8. The summed E-state index contributed by atoms with van der Waals surface area (Å²) in [5.74, 6) is -5.22. The molecule has 6 aliphatic rings. The highest BCUT2D eigenvalue weighted by atomic mass is 16.3. The molecule has 2 spiro atoms. The van der Waals surface area contributed by atoms with Gasteiger partial charge in [-0.2, -0.15) is 0 Å². The summed E-state index contributed by atoms with van der Waals surface area (Å²) in [5, 5.41) is 44.3. The van der Waals surface area contributed by atoms with Crippen LogP contribution in [0.25, 0.3) is 0 Å². The van der Waals surface area contributed by atoms with Crippen LogP contribution < -0.4 is 0 Å². The number of Topliss-reactive ketones (excluding diaryl/α,β-unsaturated/α-hetero) is 6. The number of carbonyl (C=O) groups is 6. The first-order chi connectivity index (χ1) is 27.1. The molecule has 60 heavy (non-hydrogen) atoms. The van der Waals surface area contributed by atoms with E-state index in [4.69, 9.17) is 0 Å². The van der Waals surface area contributed by atoms with E-state index in [0.29, 0.717) is 12.8 Å². The van der Waals surface area contributed by atoms with Gasteiger partial charge in [-0.05, 0) is 128 Å². The number of aliphatic hydroxyl groups excluding tert-OH is 2. The van der Waals surface area contributed by atoms with Gasteiger partial charge in [0.1, 0.15) is 22.7 Å². The molecule has 2 unspecified atom stereocenters. The SMILES string of the molecule is CC(C)=CCC12C[C@@H]3C(C)(C)[C@@H](C(C)(C)O)C[C@]3(C(=O)C(C(=O)C(C)C)=C1O)C2=O.CC(C)=CCC12C[C@H]3C(C)(C)[C@H](C(C)(C)O)C[C@@]3(C(=O)C(C(=O)C(C)C)=C1O)C2=O. The number of fused-ring (bicyclic) bond motifs is 2. The van der Waals surface area contributed by atoms with Crippen LogP contribution in [0.2, 0.25) is 0 Å². The molecule has 10 nitrogen and oxygen atoms in total. The van der Waals surface area contributed by atoms with Crippen LogP contribution in [-0.2, 0) is 28.8 Å². The van der Waals surface area contributed by atoms with Crippen LogP contribution in [-0.4, -0.2) is 66.3 Å². The number of ketones is 6. The molecule has 0 radical (unpaired) electrons. The predicted molar refractivity (Wildman–Crippen MR) is 229 cm³/mol. The first-order valence-corrected chi connectivity index (χ1v) is 22.0. The van der Waals surface area contributed by atoms with Gasteiger partial charge in [-0.1, -0.05) is 78.7 Å². The highest BCUT2D eigenvalue weighted by Gasteiger charge is 2.80. The summed E-state index contributed by atoms with van der Waals surface area (Å²) in [6, 6.07) is 0. The van der Waals surface area contributed by atoms with E-state index in [2.05, 4.69) is 0 Å². The van der Waals surface area contributed by atoms with Gasteiger partial charge in [0.25, 0.3) is 0 Å². The molecule has 0 aromatic heterocycles. The maximum absolute atomic E-state index is 14.0. The Labute approximate surface area is 357 Å². The van der Waals surface area contributed by atoms with E-state index in [-0.39, 0.29) is 83.6 Å². The number of hydrogen-bond donors (Lipinski definition) is 4. The third-order valence-electron chi connectivity index (χ3n) is 16.2. The summed E-state index contributed by atoms with van der Waals surface area (Å²) in [6.07, 6.45) is 5.46. The van der Waals surface area contributed by atoms with Crippen molar-refractivity contribution in [3.8, 4) is 0 Å². The quantitative estimate of drug-likeness (QED) is 0.0944. The van der Waals surface area contributed by atoms with Gasteiger partial charge in [0, 0.05) is 11.8 Å². The highest BCUT2D eigenvalue weighted by Crippen LogP contribution is 2.75. The fraction of sp³-hybridized carbons (Fsp3) is 0.720. The summed E-state index contributed by atoms with van der Waals surface area (Å²) in [6.45, 7) is 29.4. The summed E-state index contributed by atoms with van der Waals surface area (Å²) < 4.78 is 0. The lowest BCUT2D eigenvalue weighted by Crippen LogP contribution is -2.50. The minimum absolute atomic E-state index is 0.179. The molecular weight excluding hydrogens is 761 g/mol. The Morgan fingerprint density at radius 1 is 0.600 bits per heavy atom. The standard InChI is InChI=1S/2C25H36O5/c2*1-13(2)9-10-24-11-16-22(5,6)15(23(7,8)30)12-25(16,21(24)29)20(28)17(19(24)27)18(26)14(3)4/h2*9,14-16,27,30H,10-12H2,1-8H3/t2*15-,16+,24?,25-/m10/s1. The van der Waals surface area contributed by atoms with Crippen molar-refractivity contribution < 1.29 is 49.2 Å². The first-order valence-electron chi connectivity index (χ1n) is 22.0. The van der Waals surface area contributed by atoms with Gasteiger partial charge in [0.15, 0.2) is 34.7 Å². The van der Waals surface area contributed by atoms with Crippen LogP contribution >= 0.6 is 0 Å². The maximum atomic E-state index is 14.0. The lowest BCUT2D eigenvalue weighted by atomic mass is 9.62. The van der Waals surface area contributed by atoms with Crippen LogP contribution in [0.5, 0.6) is 0 Å². The third-order valence-corrected chi connectivity index (χ3v) is 16.2. The van der Waals surface area contributed by atoms with E-state index in [0.717, 1.165) is 11.1 Å². The molecule has 4 fully saturated rings. The topological polar surface area (TPSA) is 183 Å². The van der Waals surface area contributed by atoms with Crippen molar-refractivity contribution in [1.82, 2.24) is 0 Å². The van der Waals surface area contributed by atoms with Crippen molar-refractivity contribution in [3.05, 3.63) is 46.0 Å². The number of rotatable bonds is 10. The Morgan fingerprint density at radius 3 is 1.12 bits per heavy atom. The molecular formula is C50H72O10. The van der Waals surface area contributed by atoms with Crippen molar-refractivity contribution in [2.24, 2.45) is 68.0 Å². The molecule has 4 saturated carbocycles. The zero-order valence-electron chi connectivity index (χ0n) is 39.1. The number of hydrogen-bond acceptors (Lipinski definition) is 10. The summed E-state index contributed by atoms with van der Waals surface area (Å²) in [7, 11) is 0. The van der Waals surface area contributed by atoms with Crippen molar-refractivity contribution in [3.63, 3.8) is 0 Å². The molecule has 0 saturated heterocycles. The van der Waals surface area contributed by atoms with E-state index in [1.165, 1.54) is 0 Å². The highest BCUT2D eigenvalue weighted by molar-refractivity contribution is 6.33. The Bertz CT molecular complexity index is 1900. The second-order valence-corrected chi connectivity index (χ2v) is 22.9. The summed E-state index contributed by atoms with van der Waals surface area (Å²) in [4.78, 5) is 81.8. The van der Waals surface area contributed by atoms with E-state index < -0.39 is 78.7 Å². The number of carbonyl (C=O) groups excluding carboxylic acids is 6. The van der Waals surface area contributed by atoms with Crippen LogP contribution in [0.1, 0.15) is 149 Å². The Hall–Kier alpha value is -3.50. The summed E-state index contributed by atoms with van der Waals surface area (Å²) in [5.41, 5.74) is -6.67. The van der Waals surface area contributed by atoms with Gasteiger partial charge in [0.2, 0.25) is 0 Å². The Kier molecular flexibility index (Phi) is 11.5. The molecule has 4 bridgehead atoms. The van der Waals surface area contributed by atoms with Crippen LogP contribution in [0, 0.1) is 68.0 Å². The molecule has 0 aromatic rings. The lowest BCUT2D eigenvalue weighted by Gasteiger charge is -2.41. The van der Waals surface area contributed by atoms with Crippen molar-refractivity contribution >= 4 is 34.7 Å². The zero-order chi connectivity index (χ0) is 46.0. The molecule has 6 rings (SSSR count). The molecule has 4 N–H and O–H groups in total. The van der Waals surface area contributed by atoms with E-state index >= 15 is 0 Å². The molecule has 332 valence electrons. The fourth-order valence-electron chi connectivity index (χ4n) is 13.2. The van der Waals surface area contributed by atoms with Crippen molar-refractivity contribution in [1.29, 1.82) is 0 Å². The van der Waals surface area contributed by atoms with Gasteiger partial charge in [-0.15, -0.1) is 0 Å². The molecule has 0 aromatic carbocycles. The Balaban J connectivity index is 0.000000228. The van der Waals surface area contributed by atoms with Gasteiger partial charge >= 0.3 is 0 Å². The number of aliphatic hydroxyl groups is 4. The molecule has 8 atom stereocenters. The summed E-state index contributed by atoms with van der Waals surface area (Å²) >= 11 is 0. The van der Waals surface area contributed by atoms with E-state index in [9.17, 15) is 49.2 Å². The fourth-order valence-corrected chi connectivity index (χ4v) is 13.2. The average Bonchev–Trinajstić information content (AvgIpc) is 3.67. The van der Waals surface area contributed by atoms with Crippen LogP contribution in [0.15, 0.2) is 46.0 Å². The maximum Gasteiger partial charge on any atom is 0.183 e. The minimum atomic E-state index is -1.35. The van der Waals surface area contributed by atoms with Crippen molar-refractivity contribution in [2.45, 2.75) is 161 Å². The monoisotopic (exact) mass is 833 g/mol. The normalized spacial score (nSPS) is 35.1. The second-order valence-electron chi connectivity index (χ2n) is 22.9. The van der Waals surface area contributed by atoms with Crippen molar-refractivity contribution in [2.75, 3.05) is 0 Å². The third kappa shape index (κ3) is 6.37. The van der Waals surface area contributed by atoms with E-state index in [1.54, 1.807) is 55.4 Å². The largest absolute Gasteiger partial charge is 0.510 e. The molecule has 0 aliphatic heterocycles. The molecule has 6 aliphatic carbocycles. The Morgan fingerprint density at radius 2 is 0.883 bits per heavy atom.